The van der Waals surface area contributed by atoms with E-state index in [1.54, 1.807) is 0 Å². The predicted molar refractivity (Wildman–Crippen MR) is 72.6 cm³/mol. The van der Waals surface area contributed by atoms with Crippen LogP contribution in [-0.2, 0) is 6.42 Å². The largest absolute Gasteiger partial charge is 0.342 e. The molecule has 0 aliphatic rings. The molecule has 0 amide bonds. The summed E-state index contributed by atoms with van der Waals surface area (Å²) in [6, 6.07) is 6.29. The number of nitrogens with one attached hydrogen (secondary N) is 2. The summed E-state index contributed by atoms with van der Waals surface area (Å²) in [6.45, 7) is 5.32. The molecule has 1 heterocycles. The predicted octanol–water partition coefficient (Wildman–Crippen LogP) is 3.15. The number of hydrogen-bond acceptors (Lipinski definition) is 2. The Hall–Kier alpha value is -1.06. The SMILES string of the molecule is CCC(C)NCCc1nc2ccc(Cl)cc2[nH]1. The van der Waals surface area contributed by atoms with Crippen LogP contribution in [0.3, 0.4) is 0 Å². The van der Waals surface area contributed by atoms with E-state index in [1.165, 1.54) is 0 Å². The van der Waals surface area contributed by atoms with Gasteiger partial charge in [-0.25, -0.2) is 4.98 Å². The Morgan fingerprint density at radius 3 is 3.06 bits per heavy atom. The van der Waals surface area contributed by atoms with Gasteiger partial charge >= 0.3 is 0 Å². The van der Waals surface area contributed by atoms with Crippen LogP contribution in [0.1, 0.15) is 26.1 Å². The second-order valence-corrected chi connectivity index (χ2v) is 4.79. The zero-order valence-corrected chi connectivity index (χ0v) is 11.0. The summed E-state index contributed by atoms with van der Waals surface area (Å²) in [5.74, 6) is 1.01. The van der Waals surface area contributed by atoms with Gasteiger partial charge in [0.1, 0.15) is 5.82 Å². The second-order valence-electron chi connectivity index (χ2n) is 4.36. The van der Waals surface area contributed by atoms with Gasteiger partial charge in [0.2, 0.25) is 0 Å². The zero-order chi connectivity index (χ0) is 12.3. The van der Waals surface area contributed by atoms with Crippen molar-refractivity contribution < 1.29 is 0 Å². The van der Waals surface area contributed by atoms with Gasteiger partial charge in [-0.3, -0.25) is 0 Å². The molecule has 3 nitrogen and oxygen atoms in total. The van der Waals surface area contributed by atoms with E-state index in [1.807, 2.05) is 18.2 Å². The number of hydrogen-bond donors (Lipinski definition) is 2. The fourth-order valence-corrected chi connectivity index (χ4v) is 1.91. The molecule has 0 saturated carbocycles. The molecule has 1 unspecified atom stereocenters. The quantitative estimate of drug-likeness (QED) is 0.857. The van der Waals surface area contributed by atoms with Gasteiger partial charge in [0.05, 0.1) is 11.0 Å². The van der Waals surface area contributed by atoms with Crippen LogP contribution in [0.2, 0.25) is 5.02 Å². The van der Waals surface area contributed by atoms with Gasteiger partial charge < -0.3 is 10.3 Å². The van der Waals surface area contributed by atoms with Crippen molar-refractivity contribution in [3.05, 3.63) is 29.0 Å². The van der Waals surface area contributed by atoms with Gasteiger partial charge in [0.25, 0.3) is 0 Å². The van der Waals surface area contributed by atoms with E-state index in [9.17, 15) is 0 Å². The van der Waals surface area contributed by atoms with E-state index >= 15 is 0 Å². The number of imidazole rings is 1. The Labute approximate surface area is 107 Å². The van der Waals surface area contributed by atoms with Crippen molar-refractivity contribution in [3.63, 3.8) is 0 Å². The van der Waals surface area contributed by atoms with E-state index in [4.69, 9.17) is 11.6 Å². The molecule has 1 aromatic heterocycles. The smallest absolute Gasteiger partial charge is 0.108 e. The third kappa shape index (κ3) is 3.20. The molecule has 2 N–H and O–H groups in total. The summed E-state index contributed by atoms with van der Waals surface area (Å²) < 4.78 is 0. The molecule has 2 aromatic rings. The van der Waals surface area contributed by atoms with Crippen molar-refractivity contribution in [1.82, 2.24) is 15.3 Å². The fourth-order valence-electron chi connectivity index (χ4n) is 1.73. The Bertz CT molecular complexity index is 492. The molecule has 1 atom stereocenters. The molecule has 0 saturated heterocycles. The highest BCUT2D eigenvalue weighted by atomic mass is 35.5. The summed E-state index contributed by atoms with van der Waals surface area (Å²) in [5, 5.41) is 4.19. The minimum atomic E-state index is 0.564. The van der Waals surface area contributed by atoms with Crippen LogP contribution >= 0.6 is 11.6 Å². The molecule has 0 fully saturated rings. The molecular weight excluding hydrogens is 234 g/mol. The zero-order valence-electron chi connectivity index (χ0n) is 10.3. The molecule has 4 heteroatoms. The summed E-state index contributed by atoms with van der Waals surface area (Å²) in [6.07, 6.45) is 2.06. The minimum absolute atomic E-state index is 0.564. The minimum Gasteiger partial charge on any atom is -0.342 e. The number of aromatic amines is 1. The van der Waals surface area contributed by atoms with Gasteiger partial charge in [-0.1, -0.05) is 18.5 Å². The van der Waals surface area contributed by atoms with E-state index in [0.717, 1.165) is 41.3 Å². The lowest BCUT2D eigenvalue weighted by molar-refractivity contribution is 0.534. The Kier molecular flexibility index (Phi) is 4.02. The lowest BCUT2D eigenvalue weighted by Gasteiger charge is -2.09. The first-order chi connectivity index (χ1) is 8.19. The maximum Gasteiger partial charge on any atom is 0.108 e. The Morgan fingerprint density at radius 2 is 2.29 bits per heavy atom. The summed E-state index contributed by atoms with van der Waals surface area (Å²) in [7, 11) is 0. The molecule has 0 aliphatic carbocycles. The molecule has 0 spiro atoms. The maximum absolute atomic E-state index is 5.93. The van der Waals surface area contributed by atoms with Crippen molar-refractivity contribution in [2.75, 3.05) is 6.54 Å². The van der Waals surface area contributed by atoms with E-state index < -0.39 is 0 Å². The number of H-pyrrole nitrogens is 1. The molecule has 92 valence electrons. The number of nitrogens with zero attached hydrogens (tertiary/aromatic N) is 1. The molecular formula is C13H18ClN3. The molecule has 0 bridgehead atoms. The van der Waals surface area contributed by atoms with Crippen LogP contribution in [-0.4, -0.2) is 22.6 Å². The average Bonchev–Trinajstić information content (AvgIpc) is 2.70. The van der Waals surface area contributed by atoms with E-state index in [0.29, 0.717) is 6.04 Å². The first-order valence-electron chi connectivity index (χ1n) is 6.06. The van der Waals surface area contributed by atoms with Crippen molar-refractivity contribution in [3.8, 4) is 0 Å². The average molecular weight is 252 g/mol. The van der Waals surface area contributed by atoms with Crippen LogP contribution in [0.5, 0.6) is 0 Å². The summed E-state index contributed by atoms with van der Waals surface area (Å²) >= 11 is 5.93. The number of halogens is 1. The van der Waals surface area contributed by atoms with E-state index in [-0.39, 0.29) is 0 Å². The molecule has 2 rings (SSSR count). The van der Waals surface area contributed by atoms with E-state index in [2.05, 4.69) is 29.1 Å². The normalized spacial score (nSPS) is 13.1. The van der Waals surface area contributed by atoms with Gasteiger partial charge in [0.15, 0.2) is 0 Å². The standard InChI is InChI=1S/C13H18ClN3/c1-3-9(2)15-7-6-13-16-11-5-4-10(14)8-12(11)17-13/h4-5,8-9,15H,3,6-7H2,1-2H3,(H,16,17). The fraction of sp³-hybridized carbons (Fsp3) is 0.462. The first kappa shape index (κ1) is 12.4. The van der Waals surface area contributed by atoms with Crippen LogP contribution in [0, 0.1) is 0 Å². The molecule has 1 aromatic carbocycles. The number of aromatic nitrogens is 2. The first-order valence-corrected chi connectivity index (χ1v) is 6.44. The highest BCUT2D eigenvalue weighted by Crippen LogP contribution is 2.17. The Morgan fingerprint density at radius 1 is 1.47 bits per heavy atom. The lowest BCUT2D eigenvalue weighted by Crippen LogP contribution is -2.27. The van der Waals surface area contributed by atoms with Crippen LogP contribution in [0.15, 0.2) is 18.2 Å². The molecule has 17 heavy (non-hydrogen) atoms. The third-order valence-electron chi connectivity index (χ3n) is 2.96. The summed E-state index contributed by atoms with van der Waals surface area (Å²) in [4.78, 5) is 7.81. The van der Waals surface area contributed by atoms with Crippen molar-refractivity contribution >= 4 is 22.6 Å². The van der Waals surface area contributed by atoms with Crippen molar-refractivity contribution in [2.24, 2.45) is 0 Å². The number of fused-ring (bicyclic) bond motifs is 1. The number of benzene rings is 1. The summed E-state index contributed by atoms with van der Waals surface area (Å²) in [5.41, 5.74) is 1.99. The Balaban J connectivity index is 1.99. The van der Waals surface area contributed by atoms with Crippen molar-refractivity contribution in [1.29, 1.82) is 0 Å². The second kappa shape index (κ2) is 5.52. The maximum atomic E-state index is 5.93. The molecule has 0 aliphatic heterocycles. The van der Waals surface area contributed by atoms with Gasteiger partial charge in [-0.15, -0.1) is 0 Å². The van der Waals surface area contributed by atoms with Crippen molar-refractivity contribution in [2.45, 2.75) is 32.7 Å². The topological polar surface area (TPSA) is 40.7 Å². The van der Waals surface area contributed by atoms with Crippen LogP contribution in [0.4, 0.5) is 0 Å². The van der Waals surface area contributed by atoms with Crippen LogP contribution in [0.25, 0.3) is 11.0 Å². The highest BCUT2D eigenvalue weighted by molar-refractivity contribution is 6.31. The monoisotopic (exact) mass is 251 g/mol. The highest BCUT2D eigenvalue weighted by Gasteiger charge is 2.03. The third-order valence-corrected chi connectivity index (χ3v) is 3.20. The number of rotatable bonds is 5. The van der Waals surface area contributed by atoms with Crippen LogP contribution < -0.4 is 5.32 Å². The van der Waals surface area contributed by atoms with Gasteiger partial charge in [-0.2, -0.15) is 0 Å². The lowest BCUT2D eigenvalue weighted by atomic mass is 10.2. The van der Waals surface area contributed by atoms with Gasteiger partial charge in [-0.05, 0) is 31.5 Å². The van der Waals surface area contributed by atoms with Gasteiger partial charge in [0, 0.05) is 24.0 Å². The molecule has 0 radical (unpaired) electrons.